The number of piperidine rings is 2. The number of thiophene rings is 1. The summed E-state index contributed by atoms with van der Waals surface area (Å²) in [5.74, 6) is 1.75. The summed E-state index contributed by atoms with van der Waals surface area (Å²) in [7, 11) is 0. The summed E-state index contributed by atoms with van der Waals surface area (Å²) >= 11 is 3.32. The molecule has 4 nitrogen and oxygen atoms in total. The van der Waals surface area contributed by atoms with Crippen LogP contribution in [0.25, 0.3) is 10.6 Å². The van der Waals surface area contributed by atoms with E-state index in [1.807, 2.05) is 5.38 Å². The average Bonchev–Trinajstić information content (AvgIpc) is 3.35. The molecule has 4 rings (SSSR count). The second-order valence-corrected chi connectivity index (χ2v) is 9.80. The van der Waals surface area contributed by atoms with Crippen LogP contribution in [0.15, 0.2) is 22.2 Å². The van der Waals surface area contributed by atoms with Gasteiger partial charge in [0.1, 0.15) is 5.01 Å². The molecule has 0 N–H and O–H groups in total. The molecule has 2 aromatic rings. The van der Waals surface area contributed by atoms with Crippen molar-refractivity contribution in [1.82, 2.24) is 14.8 Å². The van der Waals surface area contributed by atoms with Crippen LogP contribution in [0.3, 0.4) is 0 Å². The smallest absolute Gasteiger partial charge is 0.228 e. The molecule has 6 heteroatoms. The predicted octanol–water partition coefficient (Wildman–Crippen LogP) is 4.38. The van der Waals surface area contributed by atoms with Crippen LogP contribution in [-0.4, -0.2) is 53.4 Å². The minimum atomic E-state index is 0.245. The van der Waals surface area contributed by atoms with Crippen molar-refractivity contribution in [3.8, 4) is 10.6 Å². The zero-order valence-corrected chi connectivity index (χ0v) is 17.7. The quantitative estimate of drug-likeness (QED) is 0.743. The Balaban J connectivity index is 1.29. The van der Waals surface area contributed by atoms with Gasteiger partial charge in [-0.2, -0.15) is 11.3 Å². The number of hydrogen-bond acceptors (Lipinski definition) is 5. The Morgan fingerprint density at radius 1 is 1.22 bits per heavy atom. The molecule has 1 amide bonds. The number of amides is 1. The second-order valence-electron chi connectivity index (χ2n) is 8.16. The number of thiazole rings is 1. The highest BCUT2D eigenvalue weighted by atomic mass is 32.1. The van der Waals surface area contributed by atoms with Crippen molar-refractivity contribution in [2.45, 2.75) is 39.0 Å². The highest BCUT2D eigenvalue weighted by Crippen LogP contribution is 2.27. The zero-order valence-electron chi connectivity index (χ0n) is 16.1. The molecule has 1 unspecified atom stereocenters. The summed E-state index contributed by atoms with van der Waals surface area (Å²) in [6, 6.07) is 2.09. The molecule has 0 spiro atoms. The van der Waals surface area contributed by atoms with E-state index in [4.69, 9.17) is 0 Å². The van der Waals surface area contributed by atoms with E-state index in [0.717, 1.165) is 48.2 Å². The van der Waals surface area contributed by atoms with Gasteiger partial charge in [0.25, 0.3) is 0 Å². The minimum Gasteiger partial charge on any atom is -0.342 e. The Morgan fingerprint density at radius 2 is 2.07 bits per heavy atom. The van der Waals surface area contributed by atoms with Gasteiger partial charge in [-0.05, 0) is 62.1 Å². The molecular formula is C21H29N3OS2. The van der Waals surface area contributed by atoms with Gasteiger partial charge in [-0.25, -0.2) is 4.98 Å². The normalized spacial score (nSPS) is 22.3. The van der Waals surface area contributed by atoms with Crippen molar-refractivity contribution in [2.75, 3.05) is 32.7 Å². The SMILES string of the molecule is CC1CCN(CC2CCCN(C(=O)Cc3csc(-c4ccsc4)n3)C2)CC1. The number of hydrogen-bond donors (Lipinski definition) is 0. The molecule has 1 atom stereocenters. The van der Waals surface area contributed by atoms with E-state index >= 15 is 0 Å². The average molecular weight is 404 g/mol. The highest BCUT2D eigenvalue weighted by molar-refractivity contribution is 7.14. The first-order chi connectivity index (χ1) is 13.2. The van der Waals surface area contributed by atoms with Crippen LogP contribution in [0, 0.1) is 11.8 Å². The molecule has 2 saturated heterocycles. The minimum absolute atomic E-state index is 0.245. The standard InChI is InChI=1S/C21H29N3OS2/c1-16-4-8-23(9-5-16)12-17-3-2-7-24(13-17)20(25)11-19-15-27-21(22-19)18-6-10-26-14-18/h6,10,14-17H,2-5,7-9,11-13H2,1H3. The lowest BCUT2D eigenvalue weighted by Crippen LogP contribution is -2.45. The second kappa shape index (κ2) is 8.84. The number of rotatable bonds is 5. The molecule has 4 heterocycles. The molecule has 27 heavy (non-hydrogen) atoms. The molecule has 2 fully saturated rings. The summed E-state index contributed by atoms with van der Waals surface area (Å²) in [6.45, 7) is 7.82. The van der Waals surface area contributed by atoms with Gasteiger partial charge < -0.3 is 9.80 Å². The summed E-state index contributed by atoms with van der Waals surface area (Å²) in [4.78, 5) is 22.2. The van der Waals surface area contributed by atoms with Gasteiger partial charge in [-0.15, -0.1) is 11.3 Å². The van der Waals surface area contributed by atoms with Crippen molar-refractivity contribution in [2.24, 2.45) is 11.8 Å². The van der Waals surface area contributed by atoms with Gasteiger partial charge in [-0.1, -0.05) is 6.92 Å². The summed E-state index contributed by atoms with van der Waals surface area (Å²) < 4.78 is 0. The van der Waals surface area contributed by atoms with Crippen molar-refractivity contribution in [1.29, 1.82) is 0 Å². The number of carbonyl (C=O) groups is 1. The Bertz CT molecular complexity index is 734. The molecule has 0 saturated carbocycles. The Morgan fingerprint density at radius 3 is 2.85 bits per heavy atom. The molecule has 2 aliphatic rings. The first kappa shape index (κ1) is 19.1. The Hall–Kier alpha value is -1.24. The van der Waals surface area contributed by atoms with Gasteiger partial charge in [0.05, 0.1) is 12.1 Å². The van der Waals surface area contributed by atoms with Gasteiger partial charge in [0.2, 0.25) is 5.91 Å². The van der Waals surface area contributed by atoms with E-state index in [-0.39, 0.29) is 5.91 Å². The third-order valence-electron chi connectivity index (χ3n) is 5.92. The van der Waals surface area contributed by atoms with E-state index in [1.54, 1.807) is 22.7 Å². The van der Waals surface area contributed by atoms with E-state index < -0.39 is 0 Å². The predicted molar refractivity (Wildman–Crippen MR) is 113 cm³/mol. The lowest BCUT2D eigenvalue weighted by molar-refractivity contribution is -0.132. The molecule has 2 aromatic heterocycles. The molecule has 0 aliphatic carbocycles. The fourth-order valence-electron chi connectivity index (χ4n) is 4.22. The Kier molecular flexibility index (Phi) is 6.25. The van der Waals surface area contributed by atoms with E-state index in [0.29, 0.717) is 12.3 Å². The third-order valence-corrected chi connectivity index (χ3v) is 7.54. The molecule has 0 bridgehead atoms. The maximum Gasteiger partial charge on any atom is 0.228 e. The first-order valence-corrected chi connectivity index (χ1v) is 12.0. The maximum atomic E-state index is 12.8. The molecule has 2 aliphatic heterocycles. The van der Waals surface area contributed by atoms with E-state index in [2.05, 4.69) is 38.5 Å². The molecule has 0 aromatic carbocycles. The lowest BCUT2D eigenvalue weighted by Gasteiger charge is -2.37. The van der Waals surface area contributed by atoms with Crippen molar-refractivity contribution in [3.63, 3.8) is 0 Å². The van der Waals surface area contributed by atoms with Crippen molar-refractivity contribution < 1.29 is 4.79 Å². The largest absolute Gasteiger partial charge is 0.342 e. The van der Waals surface area contributed by atoms with Crippen LogP contribution in [0.1, 0.15) is 38.3 Å². The Labute approximate surface area is 170 Å². The zero-order chi connectivity index (χ0) is 18.6. The monoisotopic (exact) mass is 403 g/mol. The van der Waals surface area contributed by atoms with Gasteiger partial charge in [0, 0.05) is 36.0 Å². The molecular weight excluding hydrogens is 374 g/mol. The number of likely N-dealkylation sites (tertiary alicyclic amines) is 2. The van der Waals surface area contributed by atoms with E-state index in [9.17, 15) is 4.79 Å². The van der Waals surface area contributed by atoms with Gasteiger partial charge in [0.15, 0.2) is 0 Å². The number of carbonyl (C=O) groups excluding carboxylic acids is 1. The summed E-state index contributed by atoms with van der Waals surface area (Å²) in [5.41, 5.74) is 2.08. The van der Waals surface area contributed by atoms with Crippen molar-refractivity contribution in [3.05, 3.63) is 27.9 Å². The van der Waals surface area contributed by atoms with Crippen LogP contribution in [0.4, 0.5) is 0 Å². The van der Waals surface area contributed by atoms with Gasteiger partial charge >= 0.3 is 0 Å². The van der Waals surface area contributed by atoms with Gasteiger partial charge in [-0.3, -0.25) is 4.79 Å². The number of aromatic nitrogens is 1. The van der Waals surface area contributed by atoms with Crippen LogP contribution >= 0.6 is 22.7 Å². The van der Waals surface area contributed by atoms with Crippen LogP contribution in [0.5, 0.6) is 0 Å². The van der Waals surface area contributed by atoms with Crippen molar-refractivity contribution >= 4 is 28.6 Å². The lowest BCUT2D eigenvalue weighted by atomic mass is 9.94. The van der Waals surface area contributed by atoms with E-state index in [1.165, 1.54) is 32.4 Å². The van der Waals surface area contributed by atoms with Crippen LogP contribution in [-0.2, 0) is 11.2 Å². The third kappa shape index (κ3) is 4.98. The number of nitrogens with zero attached hydrogens (tertiary/aromatic N) is 3. The summed E-state index contributed by atoms with van der Waals surface area (Å²) in [5, 5.41) is 7.25. The fourth-order valence-corrected chi connectivity index (χ4v) is 5.76. The van der Waals surface area contributed by atoms with Crippen LogP contribution in [0.2, 0.25) is 0 Å². The first-order valence-electron chi connectivity index (χ1n) is 10.1. The molecule has 146 valence electrons. The summed E-state index contributed by atoms with van der Waals surface area (Å²) in [6.07, 6.45) is 5.48. The topological polar surface area (TPSA) is 36.4 Å². The molecule has 0 radical (unpaired) electrons. The maximum absolute atomic E-state index is 12.8. The fraction of sp³-hybridized carbons (Fsp3) is 0.619. The highest BCUT2D eigenvalue weighted by Gasteiger charge is 2.26. The van der Waals surface area contributed by atoms with Crippen LogP contribution < -0.4 is 0 Å².